The van der Waals surface area contributed by atoms with Crippen LogP contribution in [0.2, 0.25) is 0 Å². The Hall–Kier alpha value is -1.93. The van der Waals surface area contributed by atoms with Crippen LogP contribution in [-0.2, 0) is 11.3 Å². The van der Waals surface area contributed by atoms with Crippen molar-refractivity contribution in [3.8, 4) is 6.07 Å². The van der Waals surface area contributed by atoms with Gasteiger partial charge in [-0.05, 0) is 24.7 Å². The Balaban J connectivity index is 2.85. The number of nitriles is 1. The monoisotopic (exact) mass is 235 g/mol. The molecule has 0 spiro atoms. The molecule has 17 heavy (non-hydrogen) atoms. The fourth-order valence-electron chi connectivity index (χ4n) is 1.51. The molecule has 0 fully saturated rings. The average molecular weight is 235 g/mol. The summed E-state index contributed by atoms with van der Waals surface area (Å²) in [4.78, 5) is 12.5. The minimum absolute atomic E-state index is 0.0761. The first-order valence-corrected chi connectivity index (χ1v) is 5.26. The van der Waals surface area contributed by atoms with Gasteiger partial charge in [-0.3, -0.25) is 9.69 Å². The number of benzene rings is 1. The van der Waals surface area contributed by atoms with E-state index in [0.29, 0.717) is 17.7 Å². The van der Waals surface area contributed by atoms with E-state index in [1.165, 1.54) is 18.2 Å². The van der Waals surface area contributed by atoms with Gasteiger partial charge in [0, 0.05) is 12.1 Å². The van der Waals surface area contributed by atoms with Gasteiger partial charge in [-0.1, -0.05) is 6.92 Å². The van der Waals surface area contributed by atoms with Gasteiger partial charge in [-0.25, -0.2) is 4.39 Å². The van der Waals surface area contributed by atoms with Gasteiger partial charge in [0.1, 0.15) is 5.82 Å². The molecule has 0 radical (unpaired) electrons. The average Bonchev–Trinajstić information content (AvgIpc) is 2.30. The molecule has 0 unspecified atom stereocenters. The van der Waals surface area contributed by atoms with Crippen LogP contribution in [0.25, 0.3) is 0 Å². The summed E-state index contributed by atoms with van der Waals surface area (Å²) >= 11 is 0. The number of primary amides is 1. The quantitative estimate of drug-likeness (QED) is 0.827. The molecule has 0 saturated carbocycles. The zero-order chi connectivity index (χ0) is 12.8. The van der Waals surface area contributed by atoms with Gasteiger partial charge in [-0.15, -0.1) is 0 Å². The standard InChI is InChI=1S/C12H14FN3O/c1-2-16(8-12(15)17)7-10-5-9(6-14)3-4-11(10)13/h3-5H,2,7-8H2,1H3,(H2,15,17). The highest BCUT2D eigenvalue weighted by Gasteiger charge is 2.10. The van der Waals surface area contributed by atoms with Crippen LogP contribution in [0, 0.1) is 17.1 Å². The SMILES string of the molecule is CCN(CC(N)=O)Cc1cc(C#N)ccc1F. The second kappa shape index (κ2) is 5.97. The van der Waals surface area contributed by atoms with Gasteiger partial charge in [0.2, 0.25) is 5.91 Å². The summed E-state index contributed by atoms with van der Waals surface area (Å²) in [5, 5.41) is 8.73. The summed E-state index contributed by atoms with van der Waals surface area (Å²) < 4.78 is 13.5. The summed E-state index contributed by atoms with van der Waals surface area (Å²) in [5.74, 6) is -0.837. The molecule has 1 aromatic rings. The molecule has 0 aliphatic rings. The van der Waals surface area contributed by atoms with Gasteiger partial charge in [0.05, 0.1) is 18.2 Å². The van der Waals surface area contributed by atoms with Crippen LogP contribution in [-0.4, -0.2) is 23.9 Å². The Morgan fingerprint density at radius 2 is 2.29 bits per heavy atom. The molecule has 1 rings (SSSR count). The van der Waals surface area contributed by atoms with Crippen LogP contribution in [0.4, 0.5) is 4.39 Å². The number of carbonyl (C=O) groups is 1. The van der Waals surface area contributed by atoms with E-state index < -0.39 is 5.91 Å². The van der Waals surface area contributed by atoms with E-state index in [1.807, 2.05) is 13.0 Å². The van der Waals surface area contributed by atoms with Crippen molar-refractivity contribution in [1.82, 2.24) is 4.90 Å². The lowest BCUT2D eigenvalue weighted by Crippen LogP contribution is -2.33. The molecule has 0 saturated heterocycles. The minimum Gasteiger partial charge on any atom is -0.369 e. The molecule has 0 atom stereocenters. The van der Waals surface area contributed by atoms with Gasteiger partial charge < -0.3 is 5.73 Å². The normalized spacial score (nSPS) is 10.2. The number of likely N-dealkylation sites (N-methyl/N-ethyl adjacent to an activating group) is 1. The molecule has 4 nitrogen and oxygen atoms in total. The number of halogens is 1. The number of hydrogen-bond donors (Lipinski definition) is 1. The minimum atomic E-state index is -0.455. The van der Waals surface area contributed by atoms with Crippen LogP contribution in [0.15, 0.2) is 18.2 Å². The highest BCUT2D eigenvalue weighted by molar-refractivity contribution is 5.75. The van der Waals surface area contributed by atoms with E-state index in [2.05, 4.69) is 0 Å². The first-order chi connectivity index (χ1) is 8.06. The highest BCUT2D eigenvalue weighted by atomic mass is 19.1. The number of nitrogens with two attached hydrogens (primary N) is 1. The van der Waals surface area contributed by atoms with Crippen LogP contribution in [0.5, 0.6) is 0 Å². The zero-order valence-corrected chi connectivity index (χ0v) is 9.61. The fourth-order valence-corrected chi connectivity index (χ4v) is 1.51. The van der Waals surface area contributed by atoms with Crippen molar-refractivity contribution in [3.63, 3.8) is 0 Å². The molecular formula is C12H14FN3O. The molecule has 0 aliphatic heterocycles. The molecule has 0 aliphatic carbocycles. The van der Waals surface area contributed by atoms with Crippen LogP contribution in [0.3, 0.4) is 0 Å². The van der Waals surface area contributed by atoms with Crippen molar-refractivity contribution in [1.29, 1.82) is 5.26 Å². The maximum Gasteiger partial charge on any atom is 0.231 e. The van der Waals surface area contributed by atoms with E-state index >= 15 is 0 Å². The van der Waals surface area contributed by atoms with E-state index in [4.69, 9.17) is 11.0 Å². The van der Waals surface area contributed by atoms with Crippen molar-refractivity contribution in [2.45, 2.75) is 13.5 Å². The van der Waals surface area contributed by atoms with Gasteiger partial charge in [0.15, 0.2) is 0 Å². The third-order valence-corrected chi connectivity index (χ3v) is 2.40. The fraction of sp³-hybridized carbons (Fsp3) is 0.333. The Labute approximate surface area is 99.4 Å². The number of amides is 1. The predicted octanol–water partition coefficient (Wildman–Crippen LogP) is 1.00. The second-order valence-electron chi connectivity index (χ2n) is 3.69. The molecule has 1 amide bonds. The topological polar surface area (TPSA) is 70.1 Å². The summed E-state index contributed by atoms with van der Waals surface area (Å²) in [5.41, 5.74) is 5.89. The molecule has 2 N–H and O–H groups in total. The lowest BCUT2D eigenvalue weighted by molar-refractivity contribution is -0.119. The summed E-state index contributed by atoms with van der Waals surface area (Å²) in [7, 11) is 0. The summed E-state index contributed by atoms with van der Waals surface area (Å²) in [6.07, 6.45) is 0. The zero-order valence-electron chi connectivity index (χ0n) is 9.61. The molecule has 0 heterocycles. The number of hydrogen-bond acceptors (Lipinski definition) is 3. The molecule has 1 aromatic carbocycles. The third-order valence-electron chi connectivity index (χ3n) is 2.40. The predicted molar refractivity (Wildman–Crippen MR) is 61.3 cm³/mol. The summed E-state index contributed by atoms with van der Waals surface area (Å²) in [6.45, 7) is 2.78. The second-order valence-corrected chi connectivity index (χ2v) is 3.69. The molecule has 0 bridgehead atoms. The lowest BCUT2D eigenvalue weighted by Gasteiger charge is -2.18. The summed E-state index contributed by atoms with van der Waals surface area (Å²) in [6, 6.07) is 6.11. The maximum absolute atomic E-state index is 13.5. The van der Waals surface area contributed by atoms with Crippen molar-refractivity contribution in [3.05, 3.63) is 35.1 Å². The first kappa shape index (κ1) is 13.1. The van der Waals surface area contributed by atoms with Gasteiger partial charge >= 0.3 is 0 Å². The first-order valence-electron chi connectivity index (χ1n) is 5.26. The smallest absolute Gasteiger partial charge is 0.231 e. The van der Waals surface area contributed by atoms with Crippen molar-refractivity contribution in [2.75, 3.05) is 13.1 Å². The maximum atomic E-state index is 13.5. The van der Waals surface area contributed by atoms with E-state index in [9.17, 15) is 9.18 Å². The molecule has 5 heteroatoms. The Kier molecular flexibility index (Phi) is 4.61. The number of carbonyl (C=O) groups excluding carboxylic acids is 1. The Morgan fingerprint density at radius 3 is 2.82 bits per heavy atom. The molecule has 90 valence electrons. The van der Waals surface area contributed by atoms with E-state index in [0.717, 1.165) is 0 Å². The van der Waals surface area contributed by atoms with E-state index in [-0.39, 0.29) is 18.9 Å². The van der Waals surface area contributed by atoms with Gasteiger partial charge in [0.25, 0.3) is 0 Å². The Morgan fingerprint density at radius 1 is 1.59 bits per heavy atom. The molecular weight excluding hydrogens is 221 g/mol. The number of nitrogens with zero attached hydrogens (tertiary/aromatic N) is 2. The lowest BCUT2D eigenvalue weighted by atomic mass is 10.1. The van der Waals surface area contributed by atoms with E-state index in [1.54, 1.807) is 4.90 Å². The van der Waals surface area contributed by atoms with Crippen molar-refractivity contribution < 1.29 is 9.18 Å². The van der Waals surface area contributed by atoms with Crippen LogP contribution in [0.1, 0.15) is 18.1 Å². The van der Waals surface area contributed by atoms with Crippen molar-refractivity contribution >= 4 is 5.91 Å². The Bertz CT molecular complexity index is 454. The third kappa shape index (κ3) is 3.85. The van der Waals surface area contributed by atoms with Gasteiger partial charge in [-0.2, -0.15) is 5.26 Å². The van der Waals surface area contributed by atoms with Crippen LogP contribution < -0.4 is 5.73 Å². The van der Waals surface area contributed by atoms with Crippen molar-refractivity contribution in [2.24, 2.45) is 5.73 Å². The molecule has 0 aromatic heterocycles. The van der Waals surface area contributed by atoms with Crippen LogP contribution >= 0.6 is 0 Å². The highest BCUT2D eigenvalue weighted by Crippen LogP contribution is 2.12. The largest absolute Gasteiger partial charge is 0.369 e. The number of rotatable bonds is 5.